The van der Waals surface area contributed by atoms with Crippen molar-refractivity contribution in [2.75, 3.05) is 12.4 Å². The van der Waals surface area contributed by atoms with Gasteiger partial charge in [0.1, 0.15) is 0 Å². The number of aryl methyl sites for hydroxylation is 1. The predicted molar refractivity (Wildman–Crippen MR) is 90.9 cm³/mol. The average molecular weight is 326 g/mol. The van der Waals surface area contributed by atoms with E-state index in [1.807, 2.05) is 30.3 Å². The Morgan fingerprint density at radius 2 is 2.04 bits per heavy atom. The van der Waals surface area contributed by atoms with Gasteiger partial charge >= 0.3 is 5.76 Å². The minimum atomic E-state index is -0.453. The van der Waals surface area contributed by atoms with Crippen LogP contribution in [-0.4, -0.2) is 17.6 Å². The lowest BCUT2D eigenvalue weighted by Crippen LogP contribution is -2.19. The van der Waals surface area contributed by atoms with Gasteiger partial charge in [0.15, 0.2) is 5.58 Å². The number of fused-ring (bicyclic) bond motifs is 1. The molecule has 1 N–H and O–H groups in total. The van der Waals surface area contributed by atoms with Gasteiger partial charge in [-0.25, -0.2) is 4.79 Å². The lowest BCUT2D eigenvalue weighted by atomic mass is 10.2. The molecule has 6 heteroatoms. The Hall–Kier alpha value is -2.86. The molecule has 1 heterocycles. The van der Waals surface area contributed by atoms with E-state index in [1.54, 1.807) is 25.3 Å². The van der Waals surface area contributed by atoms with Crippen LogP contribution in [0.5, 0.6) is 0 Å². The van der Waals surface area contributed by atoms with E-state index in [-0.39, 0.29) is 18.9 Å². The van der Waals surface area contributed by atoms with Crippen molar-refractivity contribution in [2.45, 2.75) is 19.6 Å². The molecule has 0 bridgehead atoms. The normalized spacial score (nSPS) is 10.9. The molecular formula is C18H18N2O4. The maximum absolute atomic E-state index is 12.1. The highest BCUT2D eigenvalue weighted by atomic mass is 16.5. The summed E-state index contributed by atoms with van der Waals surface area (Å²) in [4.78, 5) is 24.0. The summed E-state index contributed by atoms with van der Waals surface area (Å²) in [5, 5.41) is 2.83. The van der Waals surface area contributed by atoms with E-state index < -0.39 is 5.76 Å². The van der Waals surface area contributed by atoms with E-state index >= 15 is 0 Å². The highest BCUT2D eigenvalue weighted by molar-refractivity contribution is 5.90. The fourth-order valence-electron chi connectivity index (χ4n) is 2.57. The molecule has 0 aliphatic heterocycles. The molecule has 0 fully saturated rings. The number of carbonyl (C=O) groups excluding carboxylic acids is 1. The van der Waals surface area contributed by atoms with Crippen molar-refractivity contribution in [3.63, 3.8) is 0 Å². The maximum atomic E-state index is 12.1. The van der Waals surface area contributed by atoms with Crippen LogP contribution in [0, 0.1) is 0 Å². The average Bonchev–Trinajstić information content (AvgIpc) is 2.89. The quantitative estimate of drug-likeness (QED) is 0.756. The van der Waals surface area contributed by atoms with Gasteiger partial charge in [-0.1, -0.05) is 24.3 Å². The Morgan fingerprint density at radius 3 is 2.88 bits per heavy atom. The van der Waals surface area contributed by atoms with Gasteiger partial charge in [0, 0.05) is 25.8 Å². The van der Waals surface area contributed by atoms with Gasteiger partial charge in [0.2, 0.25) is 5.91 Å². The van der Waals surface area contributed by atoms with Gasteiger partial charge in [-0.2, -0.15) is 0 Å². The number of hydrogen-bond donors (Lipinski definition) is 1. The number of aromatic nitrogens is 1. The molecule has 3 aromatic rings. The number of oxazole rings is 1. The number of anilines is 1. The van der Waals surface area contributed by atoms with E-state index in [0.29, 0.717) is 23.4 Å². The van der Waals surface area contributed by atoms with Crippen LogP contribution < -0.4 is 11.1 Å². The number of rotatable bonds is 6. The SMILES string of the molecule is COCc1cccc(NC(=O)CCn2c(=O)oc3ccccc32)c1. The summed E-state index contributed by atoms with van der Waals surface area (Å²) in [7, 11) is 1.62. The molecule has 0 atom stereocenters. The molecule has 0 unspecified atom stereocenters. The topological polar surface area (TPSA) is 73.5 Å². The number of methoxy groups -OCH3 is 1. The van der Waals surface area contributed by atoms with Crippen LogP contribution >= 0.6 is 0 Å². The summed E-state index contributed by atoms with van der Waals surface area (Å²) in [6.07, 6.45) is 0.179. The molecule has 0 saturated heterocycles. The minimum Gasteiger partial charge on any atom is -0.408 e. The molecule has 0 aliphatic carbocycles. The fourth-order valence-corrected chi connectivity index (χ4v) is 2.57. The van der Waals surface area contributed by atoms with Crippen LogP contribution in [0.3, 0.4) is 0 Å². The van der Waals surface area contributed by atoms with Crippen molar-refractivity contribution in [3.05, 3.63) is 64.6 Å². The number of hydrogen-bond acceptors (Lipinski definition) is 4. The van der Waals surface area contributed by atoms with Crippen molar-refractivity contribution in [1.29, 1.82) is 0 Å². The molecule has 2 aromatic carbocycles. The molecule has 1 amide bonds. The fraction of sp³-hybridized carbons (Fsp3) is 0.222. The van der Waals surface area contributed by atoms with Crippen molar-refractivity contribution in [2.24, 2.45) is 0 Å². The van der Waals surface area contributed by atoms with E-state index in [0.717, 1.165) is 5.56 Å². The zero-order valence-electron chi connectivity index (χ0n) is 13.3. The van der Waals surface area contributed by atoms with Crippen molar-refractivity contribution < 1.29 is 13.9 Å². The second-order valence-electron chi connectivity index (χ2n) is 5.42. The standard InChI is InChI=1S/C18H18N2O4/c1-23-12-13-5-4-6-14(11-13)19-17(21)9-10-20-15-7-2-3-8-16(15)24-18(20)22/h2-8,11H,9-10,12H2,1H3,(H,19,21). The Labute approximate surface area is 138 Å². The number of amides is 1. The predicted octanol–water partition coefficient (Wildman–Crippen LogP) is 2.77. The molecule has 0 spiro atoms. The van der Waals surface area contributed by atoms with Crippen LogP contribution in [-0.2, 0) is 22.7 Å². The first kappa shape index (κ1) is 16.0. The summed E-state index contributed by atoms with van der Waals surface area (Å²) in [5.74, 6) is -0.618. The molecule has 6 nitrogen and oxygen atoms in total. The monoisotopic (exact) mass is 326 g/mol. The molecule has 24 heavy (non-hydrogen) atoms. The zero-order chi connectivity index (χ0) is 16.9. The summed E-state index contributed by atoms with van der Waals surface area (Å²) in [6, 6.07) is 14.6. The van der Waals surface area contributed by atoms with Crippen LogP contribution in [0.4, 0.5) is 5.69 Å². The third kappa shape index (κ3) is 3.55. The van der Waals surface area contributed by atoms with E-state index in [4.69, 9.17) is 9.15 Å². The lowest BCUT2D eigenvalue weighted by Gasteiger charge is -2.07. The summed E-state index contributed by atoms with van der Waals surface area (Å²) in [6.45, 7) is 0.750. The maximum Gasteiger partial charge on any atom is 0.419 e. The molecule has 124 valence electrons. The highest BCUT2D eigenvalue weighted by Gasteiger charge is 2.10. The number of ether oxygens (including phenoxy) is 1. The van der Waals surface area contributed by atoms with Gasteiger partial charge in [-0.05, 0) is 29.8 Å². The minimum absolute atomic E-state index is 0.165. The van der Waals surface area contributed by atoms with Crippen molar-refractivity contribution in [3.8, 4) is 0 Å². The zero-order valence-corrected chi connectivity index (χ0v) is 13.3. The lowest BCUT2D eigenvalue weighted by molar-refractivity contribution is -0.116. The molecular weight excluding hydrogens is 308 g/mol. The second kappa shape index (κ2) is 7.14. The number of nitrogens with one attached hydrogen (secondary N) is 1. The number of carbonyl (C=O) groups is 1. The van der Waals surface area contributed by atoms with Crippen molar-refractivity contribution in [1.82, 2.24) is 4.57 Å². The Bertz CT molecular complexity index is 911. The van der Waals surface area contributed by atoms with Crippen molar-refractivity contribution >= 4 is 22.7 Å². The van der Waals surface area contributed by atoms with E-state index in [1.165, 1.54) is 4.57 Å². The number of para-hydroxylation sites is 2. The molecule has 0 radical (unpaired) electrons. The Balaban J connectivity index is 1.66. The summed E-state index contributed by atoms with van der Waals surface area (Å²) < 4.78 is 11.7. The smallest absolute Gasteiger partial charge is 0.408 e. The number of benzene rings is 2. The Kier molecular flexibility index (Phi) is 4.77. The first-order valence-corrected chi connectivity index (χ1v) is 7.63. The summed E-state index contributed by atoms with van der Waals surface area (Å²) >= 11 is 0. The molecule has 0 aliphatic rings. The first-order valence-electron chi connectivity index (χ1n) is 7.63. The van der Waals surface area contributed by atoms with Gasteiger partial charge < -0.3 is 14.5 Å². The largest absolute Gasteiger partial charge is 0.419 e. The Morgan fingerprint density at radius 1 is 1.21 bits per heavy atom. The van der Waals surface area contributed by atoms with E-state index in [9.17, 15) is 9.59 Å². The van der Waals surface area contributed by atoms with Crippen LogP contribution in [0.25, 0.3) is 11.1 Å². The third-order valence-electron chi connectivity index (χ3n) is 3.66. The molecule has 0 saturated carbocycles. The molecule has 3 rings (SSSR count). The van der Waals surface area contributed by atoms with E-state index in [2.05, 4.69) is 5.32 Å². The van der Waals surface area contributed by atoms with Crippen LogP contribution in [0.1, 0.15) is 12.0 Å². The highest BCUT2D eigenvalue weighted by Crippen LogP contribution is 2.14. The van der Waals surface area contributed by atoms with Gasteiger partial charge in [-0.3, -0.25) is 9.36 Å². The second-order valence-corrected chi connectivity index (χ2v) is 5.42. The van der Waals surface area contributed by atoms with Crippen LogP contribution in [0.2, 0.25) is 0 Å². The van der Waals surface area contributed by atoms with Gasteiger partial charge in [-0.15, -0.1) is 0 Å². The molecule has 1 aromatic heterocycles. The van der Waals surface area contributed by atoms with Gasteiger partial charge in [0.05, 0.1) is 12.1 Å². The number of nitrogens with zero attached hydrogens (tertiary/aromatic N) is 1. The van der Waals surface area contributed by atoms with Gasteiger partial charge in [0.25, 0.3) is 0 Å². The summed E-state index contributed by atoms with van der Waals surface area (Å²) in [5.41, 5.74) is 2.90. The first-order chi connectivity index (χ1) is 11.7. The van der Waals surface area contributed by atoms with Crippen LogP contribution in [0.15, 0.2) is 57.7 Å². The third-order valence-corrected chi connectivity index (χ3v) is 3.66.